The highest BCUT2D eigenvalue weighted by Crippen LogP contribution is 2.45. The molecule has 558 valence electrons. The first kappa shape index (κ1) is 92.1. The third kappa shape index (κ3) is 67.3. The first-order valence-electron chi connectivity index (χ1n) is 38.7. The largest absolute Gasteiger partial charge is 0.472 e. The van der Waals surface area contributed by atoms with Crippen molar-refractivity contribution in [3.05, 3.63) is 0 Å². The van der Waals surface area contributed by atoms with E-state index in [0.717, 1.165) is 120 Å². The summed E-state index contributed by atoms with van der Waals surface area (Å²) in [6.45, 7) is 14.2. The van der Waals surface area contributed by atoms with Crippen LogP contribution in [0.2, 0.25) is 0 Å². The van der Waals surface area contributed by atoms with E-state index in [1.54, 1.807) is 0 Å². The van der Waals surface area contributed by atoms with E-state index in [-0.39, 0.29) is 25.7 Å². The molecule has 19 heteroatoms. The van der Waals surface area contributed by atoms with Gasteiger partial charge >= 0.3 is 39.5 Å². The number of unbranched alkanes of at least 4 members (excludes halogenated alkanes) is 37. The van der Waals surface area contributed by atoms with Gasteiger partial charge in [0.25, 0.3) is 0 Å². The highest BCUT2D eigenvalue weighted by molar-refractivity contribution is 7.47. The summed E-state index contributed by atoms with van der Waals surface area (Å²) in [6.07, 6.45) is 48.6. The van der Waals surface area contributed by atoms with Crippen LogP contribution in [-0.4, -0.2) is 96.7 Å². The smallest absolute Gasteiger partial charge is 0.462 e. The van der Waals surface area contributed by atoms with Gasteiger partial charge in [-0.1, -0.05) is 325 Å². The Kier molecular flexibility index (Phi) is 63.1. The molecule has 0 aromatic carbocycles. The number of carbonyl (C=O) groups excluding carboxylic acids is 4. The zero-order chi connectivity index (χ0) is 69.6. The van der Waals surface area contributed by atoms with Crippen molar-refractivity contribution in [3.8, 4) is 0 Å². The van der Waals surface area contributed by atoms with Crippen molar-refractivity contribution in [1.29, 1.82) is 0 Å². The molecule has 0 aliphatic heterocycles. The molecule has 0 amide bonds. The van der Waals surface area contributed by atoms with E-state index in [1.807, 2.05) is 0 Å². The Morgan fingerprint density at radius 3 is 0.755 bits per heavy atom. The van der Waals surface area contributed by atoms with E-state index in [1.165, 1.54) is 173 Å². The average Bonchev–Trinajstić information content (AvgIpc) is 1.61. The molecule has 0 saturated carbocycles. The molecule has 0 radical (unpaired) electrons. The number of aliphatic hydroxyl groups is 1. The second-order valence-electron chi connectivity index (χ2n) is 28.7. The first-order valence-corrected chi connectivity index (χ1v) is 41.7. The Morgan fingerprint density at radius 2 is 0.511 bits per heavy atom. The summed E-state index contributed by atoms with van der Waals surface area (Å²) in [4.78, 5) is 72.8. The Bertz CT molecular complexity index is 1850. The van der Waals surface area contributed by atoms with Crippen molar-refractivity contribution < 1.29 is 80.2 Å². The molecule has 0 aliphatic rings. The summed E-state index contributed by atoms with van der Waals surface area (Å²) in [7, 11) is -9.91. The van der Waals surface area contributed by atoms with Crippen LogP contribution in [0, 0.1) is 23.7 Å². The number of aliphatic hydroxyl groups excluding tert-OH is 1. The number of esters is 4. The summed E-state index contributed by atoms with van der Waals surface area (Å²) in [5, 5.41) is 10.6. The quantitative estimate of drug-likeness (QED) is 0.0222. The van der Waals surface area contributed by atoms with Crippen LogP contribution in [-0.2, 0) is 65.4 Å². The lowest BCUT2D eigenvalue weighted by Gasteiger charge is -2.21. The highest BCUT2D eigenvalue weighted by atomic mass is 31.2. The van der Waals surface area contributed by atoms with Crippen LogP contribution >= 0.6 is 15.6 Å². The van der Waals surface area contributed by atoms with E-state index in [0.29, 0.717) is 25.7 Å². The van der Waals surface area contributed by atoms with Crippen molar-refractivity contribution in [2.45, 2.75) is 395 Å². The summed E-state index contributed by atoms with van der Waals surface area (Å²) in [5.74, 6) is 0.920. The SMILES string of the molecule is CCC(C)CCCCCCCCC(=O)OC[C@H](COP(=O)(O)OC[C@H](O)COP(=O)(O)OC[C@@H](COC(=O)CCCCCCCCCCCCCCCCC(C)C)OC(=O)CCCCCCCCCCCC(C)C)OC(=O)CCCCCCCCCCCCCCC(C)C. The maximum atomic E-state index is 13.1. The van der Waals surface area contributed by atoms with Gasteiger partial charge in [0.05, 0.1) is 26.4 Å². The van der Waals surface area contributed by atoms with Crippen molar-refractivity contribution in [3.63, 3.8) is 0 Å². The fraction of sp³-hybridized carbons (Fsp3) is 0.947. The molecule has 0 fully saturated rings. The van der Waals surface area contributed by atoms with Gasteiger partial charge in [0.1, 0.15) is 19.3 Å². The van der Waals surface area contributed by atoms with Gasteiger partial charge < -0.3 is 33.8 Å². The molecule has 17 nitrogen and oxygen atoms in total. The second kappa shape index (κ2) is 64.4. The molecule has 0 bridgehead atoms. The number of carbonyl (C=O) groups is 4. The third-order valence-corrected chi connectivity index (χ3v) is 19.6. The molecule has 0 saturated heterocycles. The topological polar surface area (TPSA) is 237 Å². The minimum Gasteiger partial charge on any atom is -0.462 e. The van der Waals surface area contributed by atoms with Crippen LogP contribution in [0.15, 0.2) is 0 Å². The highest BCUT2D eigenvalue weighted by Gasteiger charge is 2.30. The molecule has 6 atom stereocenters. The number of ether oxygens (including phenoxy) is 4. The molecular formula is C75H146O17P2. The molecule has 0 rings (SSSR count). The Morgan fingerprint density at radius 1 is 0.298 bits per heavy atom. The van der Waals surface area contributed by atoms with Gasteiger partial charge in [0.15, 0.2) is 12.2 Å². The zero-order valence-corrected chi connectivity index (χ0v) is 63.4. The molecule has 0 aliphatic carbocycles. The average molecular weight is 1380 g/mol. The van der Waals surface area contributed by atoms with E-state index in [4.69, 9.17) is 37.0 Å². The van der Waals surface area contributed by atoms with Crippen molar-refractivity contribution in [2.24, 2.45) is 23.7 Å². The minimum atomic E-state index is -4.96. The maximum absolute atomic E-state index is 13.1. The fourth-order valence-electron chi connectivity index (χ4n) is 11.3. The van der Waals surface area contributed by atoms with Gasteiger partial charge in [-0.15, -0.1) is 0 Å². The van der Waals surface area contributed by atoms with E-state index >= 15 is 0 Å². The van der Waals surface area contributed by atoms with Crippen molar-refractivity contribution in [1.82, 2.24) is 0 Å². The predicted octanol–water partition coefficient (Wildman–Crippen LogP) is 21.7. The number of hydrogen-bond acceptors (Lipinski definition) is 15. The first-order chi connectivity index (χ1) is 45.1. The molecule has 0 aromatic rings. The standard InChI is InChI=1S/C75H146O17P2/c1-9-68(8)54-46-38-33-34-40-48-56-73(78)86-62-71(92-74(79)57-49-41-31-25-19-15-14-17-22-28-36-44-52-66(4)5)64-90-94(83,84)88-60-69(76)59-87-93(81,82)89-63-70(91-75(80)58-50-42-32-26-20-23-29-37-45-53-67(6)7)61-85-72(77)55-47-39-30-24-18-13-11-10-12-16-21-27-35-43-51-65(2)3/h65-71,76H,9-64H2,1-8H3,(H,81,82)(H,83,84)/t68?,69-,70-,71-/m1/s1. The normalized spacial score (nSPS) is 14.4. The monoisotopic (exact) mass is 1380 g/mol. The lowest BCUT2D eigenvalue weighted by molar-refractivity contribution is -0.161. The number of phosphoric ester groups is 2. The van der Waals surface area contributed by atoms with E-state index in [2.05, 4.69) is 55.4 Å². The second-order valence-corrected chi connectivity index (χ2v) is 31.6. The summed E-state index contributed by atoms with van der Waals surface area (Å²) >= 11 is 0. The molecule has 0 heterocycles. The summed E-state index contributed by atoms with van der Waals surface area (Å²) in [6, 6.07) is 0. The third-order valence-electron chi connectivity index (χ3n) is 17.7. The molecule has 3 N–H and O–H groups in total. The van der Waals surface area contributed by atoms with Crippen LogP contribution in [0.5, 0.6) is 0 Å². The van der Waals surface area contributed by atoms with Crippen LogP contribution in [0.1, 0.15) is 376 Å². The van der Waals surface area contributed by atoms with Gasteiger partial charge in [0, 0.05) is 25.7 Å². The van der Waals surface area contributed by atoms with E-state index < -0.39 is 97.5 Å². The predicted molar refractivity (Wildman–Crippen MR) is 381 cm³/mol. The van der Waals surface area contributed by atoms with Crippen molar-refractivity contribution >= 4 is 39.5 Å². The number of rotatable bonds is 72. The summed E-state index contributed by atoms with van der Waals surface area (Å²) in [5.41, 5.74) is 0. The zero-order valence-electron chi connectivity index (χ0n) is 61.6. The lowest BCUT2D eigenvalue weighted by atomic mass is 10.00. The van der Waals surface area contributed by atoms with Crippen LogP contribution in [0.3, 0.4) is 0 Å². The maximum Gasteiger partial charge on any atom is 0.472 e. The summed E-state index contributed by atoms with van der Waals surface area (Å²) < 4.78 is 68.5. The Hall–Kier alpha value is -1.94. The number of hydrogen-bond donors (Lipinski definition) is 3. The lowest BCUT2D eigenvalue weighted by Crippen LogP contribution is -2.30. The van der Waals surface area contributed by atoms with Crippen LogP contribution in [0.25, 0.3) is 0 Å². The van der Waals surface area contributed by atoms with Gasteiger partial charge in [-0.3, -0.25) is 37.3 Å². The number of phosphoric acid groups is 2. The van der Waals surface area contributed by atoms with Gasteiger partial charge in [-0.2, -0.15) is 0 Å². The molecule has 94 heavy (non-hydrogen) atoms. The fourth-order valence-corrected chi connectivity index (χ4v) is 12.9. The molecule has 3 unspecified atom stereocenters. The van der Waals surface area contributed by atoms with Gasteiger partial charge in [0.2, 0.25) is 0 Å². The Labute approximate surface area is 575 Å². The van der Waals surface area contributed by atoms with Crippen molar-refractivity contribution in [2.75, 3.05) is 39.6 Å². The molecule has 0 aromatic heterocycles. The van der Waals surface area contributed by atoms with Gasteiger partial charge in [-0.05, 0) is 49.4 Å². The van der Waals surface area contributed by atoms with E-state index in [9.17, 15) is 43.2 Å². The van der Waals surface area contributed by atoms with Crippen LogP contribution < -0.4 is 0 Å². The molecular weight excluding hydrogens is 1230 g/mol. The Balaban J connectivity index is 5.23. The molecule has 0 spiro atoms. The minimum absolute atomic E-state index is 0.105. The van der Waals surface area contributed by atoms with Crippen LogP contribution in [0.4, 0.5) is 0 Å². The van der Waals surface area contributed by atoms with Gasteiger partial charge in [-0.25, -0.2) is 9.13 Å².